The first-order chi connectivity index (χ1) is 8.18. The van der Waals surface area contributed by atoms with Crippen LogP contribution in [0.3, 0.4) is 0 Å². The third-order valence-electron chi connectivity index (χ3n) is 2.26. The fourth-order valence-corrected chi connectivity index (χ4v) is 2.40. The number of amidine groups is 1. The lowest BCUT2D eigenvalue weighted by Crippen LogP contribution is -2.12. The molecule has 0 bridgehead atoms. The van der Waals surface area contributed by atoms with Gasteiger partial charge >= 0.3 is 0 Å². The average molecular weight is 244 g/mol. The summed E-state index contributed by atoms with van der Waals surface area (Å²) in [5.41, 5.74) is 7.40. The van der Waals surface area contributed by atoms with E-state index < -0.39 is 0 Å². The van der Waals surface area contributed by atoms with Crippen LogP contribution >= 0.6 is 11.8 Å². The summed E-state index contributed by atoms with van der Waals surface area (Å²) in [6.07, 6.45) is 3.20. The number of hydrogen-bond acceptors (Lipinski definition) is 4. The van der Waals surface area contributed by atoms with Crippen molar-refractivity contribution in [3.8, 4) is 0 Å². The van der Waals surface area contributed by atoms with Crippen molar-refractivity contribution < 1.29 is 0 Å². The third-order valence-corrected chi connectivity index (χ3v) is 3.46. The molecule has 0 aliphatic heterocycles. The number of rotatable bonds is 3. The Morgan fingerprint density at radius 3 is 2.82 bits per heavy atom. The summed E-state index contributed by atoms with van der Waals surface area (Å²) >= 11 is 1.50. The lowest BCUT2D eigenvalue weighted by atomic mass is 10.1. The molecule has 5 heteroatoms. The first-order valence-electron chi connectivity index (χ1n) is 5.06. The van der Waals surface area contributed by atoms with E-state index in [2.05, 4.69) is 9.97 Å². The molecule has 0 saturated heterocycles. The van der Waals surface area contributed by atoms with Crippen molar-refractivity contribution in [2.24, 2.45) is 5.73 Å². The van der Waals surface area contributed by atoms with Gasteiger partial charge in [0.25, 0.3) is 0 Å². The predicted octanol–water partition coefficient (Wildman–Crippen LogP) is 2.22. The van der Waals surface area contributed by atoms with Gasteiger partial charge in [-0.1, -0.05) is 30.0 Å². The van der Waals surface area contributed by atoms with Crippen LogP contribution in [0.5, 0.6) is 0 Å². The Balaban J connectivity index is 2.41. The van der Waals surface area contributed by atoms with Crippen LogP contribution in [0.25, 0.3) is 0 Å². The van der Waals surface area contributed by atoms with Crippen LogP contribution in [-0.4, -0.2) is 15.8 Å². The fourth-order valence-electron chi connectivity index (χ4n) is 1.44. The summed E-state index contributed by atoms with van der Waals surface area (Å²) in [7, 11) is 0. The highest BCUT2D eigenvalue weighted by Gasteiger charge is 2.10. The Bertz CT molecular complexity index is 539. The summed E-state index contributed by atoms with van der Waals surface area (Å²) < 4.78 is 0. The largest absolute Gasteiger partial charge is 0.384 e. The molecule has 17 heavy (non-hydrogen) atoms. The van der Waals surface area contributed by atoms with Gasteiger partial charge in [0.2, 0.25) is 0 Å². The standard InChI is InChI=1S/C12H12N4S/c1-8-3-2-4-9(12(13)14)11(8)17-10-5-6-15-7-16-10/h2-7H,1H3,(H3,13,14). The number of benzene rings is 1. The van der Waals surface area contributed by atoms with E-state index >= 15 is 0 Å². The van der Waals surface area contributed by atoms with E-state index in [4.69, 9.17) is 11.1 Å². The molecule has 0 radical (unpaired) electrons. The number of hydrogen-bond donors (Lipinski definition) is 2. The van der Waals surface area contributed by atoms with Crippen molar-refractivity contribution >= 4 is 17.6 Å². The van der Waals surface area contributed by atoms with Gasteiger partial charge in [-0.05, 0) is 18.6 Å². The Labute approximate surface area is 104 Å². The van der Waals surface area contributed by atoms with Gasteiger partial charge in [0.05, 0.1) is 0 Å². The quantitative estimate of drug-likeness (QED) is 0.493. The van der Waals surface area contributed by atoms with E-state index in [1.165, 1.54) is 18.1 Å². The molecule has 1 aromatic carbocycles. The van der Waals surface area contributed by atoms with Crippen LogP contribution in [0.2, 0.25) is 0 Å². The summed E-state index contributed by atoms with van der Waals surface area (Å²) in [5.74, 6) is 0.0743. The number of nitrogens with zero attached hydrogens (tertiary/aromatic N) is 2. The van der Waals surface area contributed by atoms with Crippen LogP contribution in [0.4, 0.5) is 0 Å². The van der Waals surface area contributed by atoms with Crippen LogP contribution in [0.15, 0.2) is 46.7 Å². The zero-order chi connectivity index (χ0) is 12.3. The fraction of sp³-hybridized carbons (Fsp3) is 0.0833. The number of nitrogen functional groups attached to an aromatic ring is 1. The molecule has 0 unspecified atom stereocenters. The highest BCUT2D eigenvalue weighted by atomic mass is 32.2. The molecule has 2 rings (SSSR count). The van der Waals surface area contributed by atoms with E-state index in [1.54, 1.807) is 6.20 Å². The highest BCUT2D eigenvalue weighted by molar-refractivity contribution is 7.99. The minimum absolute atomic E-state index is 0.0743. The third kappa shape index (κ3) is 2.62. The molecule has 0 atom stereocenters. The van der Waals surface area contributed by atoms with Gasteiger partial charge in [0.1, 0.15) is 17.2 Å². The van der Waals surface area contributed by atoms with Crippen molar-refractivity contribution in [2.75, 3.05) is 0 Å². The van der Waals surface area contributed by atoms with Crippen LogP contribution in [-0.2, 0) is 0 Å². The molecule has 4 nitrogen and oxygen atoms in total. The Hall–Kier alpha value is -1.88. The van der Waals surface area contributed by atoms with Crippen molar-refractivity contribution in [3.63, 3.8) is 0 Å². The molecule has 0 amide bonds. The number of aryl methyl sites for hydroxylation is 1. The van der Waals surface area contributed by atoms with E-state index in [0.717, 1.165) is 21.0 Å². The van der Waals surface area contributed by atoms with Crippen molar-refractivity contribution in [1.82, 2.24) is 9.97 Å². The molecule has 1 heterocycles. The van der Waals surface area contributed by atoms with E-state index in [1.807, 2.05) is 31.2 Å². The maximum atomic E-state index is 7.57. The second kappa shape index (κ2) is 4.97. The first kappa shape index (κ1) is 11.6. The molecule has 0 aliphatic carbocycles. The molecule has 1 aromatic heterocycles. The minimum Gasteiger partial charge on any atom is -0.384 e. The van der Waals surface area contributed by atoms with E-state index in [9.17, 15) is 0 Å². The maximum absolute atomic E-state index is 7.57. The van der Waals surface area contributed by atoms with E-state index in [0.29, 0.717) is 0 Å². The minimum atomic E-state index is 0.0743. The second-order valence-electron chi connectivity index (χ2n) is 3.51. The van der Waals surface area contributed by atoms with Crippen molar-refractivity contribution in [2.45, 2.75) is 16.8 Å². The monoisotopic (exact) mass is 244 g/mol. The molecule has 2 aromatic rings. The van der Waals surface area contributed by atoms with Gasteiger partial charge in [-0.2, -0.15) is 0 Å². The number of nitrogens with two attached hydrogens (primary N) is 1. The topological polar surface area (TPSA) is 75.7 Å². The van der Waals surface area contributed by atoms with Gasteiger partial charge in [0, 0.05) is 16.7 Å². The van der Waals surface area contributed by atoms with Crippen molar-refractivity contribution in [3.05, 3.63) is 47.9 Å². The molecule has 0 aliphatic rings. The van der Waals surface area contributed by atoms with Crippen LogP contribution in [0.1, 0.15) is 11.1 Å². The van der Waals surface area contributed by atoms with Crippen LogP contribution < -0.4 is 5.73 Å². The van der Waals surface area contributed by atoms with Gasteiger partial charge in [0.15, 0.2) is 0 Å². The van der Waals surface area contributed by atoms with Gasteiger partial charge < -0.3 is 5.73 Å². The van der Waals surface area contributed by atoms with Gasteiger partial charge in [-0.3, -0.25) is 5.41 Å². The first-order valence-corrected chi connectivity index (χ1v) is 5.88. The molecule has 0 spiro atoms. The number of aromatic nitrogens is 2. The van der Waals surface area contributed by atoms with Crippen LogP contribution in [0, 0.1) is 12.3 Å². The molecule has 0 fully saturated rings. The second-order valence-corrected chi connectivity index (χ2v) is 4.55. The summed E-state index contributed by atoms with van der Waals surface area (Å²) in [6, 6.07) is 7.58. The highest BCUT2D eigenvalue weighted by Crippen LogP contribution is 2.31. The normalized spacial score (nSPS) is 10.2. The predicted molar refractivity (Wildman–Crippen MR) is 68.4 cm³/mol. The van der Waals surface area contributed by atoms with Crippen molar-refractivity contribution in [1.29, 1.82) is 5.41 Å². The smallest absolute Gasteiger partial charge is 0.123 e. The lowest BCUT2D eigenvalue weighted by Gasteiger charge is -2.10. The van der Waals surface area contributed by atoms with E-state index in [-0.39, 0.29) is 5.84 Å². The molecule has 3 N–H and O–H groups in total. The summed E-state index contributed by atoms with van der Waals surface area (Å²) in [5, 5.41) is 8.41. The maximum Gasteiger partial charge on any atom is 0.123 e. The molecular weight excluding hydrogens is 232 g/mol. The summed E-state index contributed by atoms with van der Waals surface area (Å²) in [6.45, 7) is 2.00. The Kier molecular flexibility index (Phi) is 3.39. The zero-order valence-corrected chi connectivity index (χ0v) is 10.2. The SMILES string of the molecule is Cc1cccc(C(=N)N)c1Sc1ccncn1. The zero-order valence-electron chi connectivity index (χ0n) is 9.34. The Morgan fingerprint density at radius 1 is 1.35 bits per heavy atom. The molecular formula is C12H12N4S. The summed E-state index contributed by atoms with van der Waals surface area (Å²) in [4.78, 5) is 9.00. The Morgan fingerprint density at radius 2 is 2.18 bits per heavy atom. The molecule has 86 valence electrons. The number of nitrogens with one attached hydrogen (secondary N) is 1. The molecule has 0 saturated carbocycles. The van der Waals surface area contributed by atoms with Gasteiger partial charge in [-0.15, -0.1) is 0 Å². The van der Waals surface area contributed by atoms with Gasteiger partial charge in [-0.25, -0.2) is 9.97 Å². The lowest BCUT2D eigenvalue weighted by molar-refractivity contribution is 1.04. The average Bonchev–Trinajstić information content (AvgIpc) is 2.33.